The van der Waals surface area contributed by atoms with Gasteiger partial charge in [0.15, 0.2) is 0 Å². The van der Waals surface area contributed by atoms with Crippen molar-refractivity contribution in [3.8, 4) is 0 Å². The molecule has 0 aromatic heterocycles. The van der Waals surface area contributed by atoms with E-state index in [-0.39, 0.29) is 0 Å². The lowest BCUT2D eigenvalue weighted by Crippen LogP contribution is -1.98. The van der Waals surface area contributed by atoms with Crippen LogP contribution in [-0.4, -0.2) is 13.7 Å². The molecule has 1 unspecified atom stereocenters. The van der Waals surface area contributed by atoms with Crippen LogP contribution in [0.2, 0.25) is 0 Å². The van der Waals surface area contributed by atoms with Gasteiger partial charge in [0.25, 0.3) is 0 Å². The molecule has 1 heteroatoms. The zero-order valence-electron chi connectivity index (χ0n) is 11.2. The summed E-state index contributed by atoms with van der Waals surface area (Å²) in [4.78, 5) is 0. The van der Waals surface area contributed by atoms with Crippen LogP contribution < -0.4 is 0 Å². The lowest BCUT2D eigenvalue weighted by molar-refractivity contribution is 0.176. The van der Waals surface area contributed by atoms with Crippen molar-refractivity contribution >= 4 is 6.08 Å². The average molecular weight is 220 g/mol. The Labute approximate surface area is 100 Å². The van der Waals surface area contributed by atoms with Crippen LogP contribution in [0, 0.1) is 12.8 Å². The smallest absolute Gasteiger partial charge is 0.0522 e. The van der Waals surface area contributed by atoms with Crippen molar-refractivity contribution in [2.24, 2.45) is 5.92 Å². The Kier molecular flexibility index (Phi) is 8.55. The maximum absolute atomic E-state index is 5.06. The summed E-state index contributed by atoms with van der Waals surface area (Å²) in [5.74, 6) is 0.473. The van der Waals surface area contributed by atoms with Gasteiger partial charge >= 0.3 is 0 Å². The summed E-state index contributed by atoms with van der Waals surface area (Å²) >= 11 is 0. The van der Waals surface area contributed by atoms with Crippen LogP contribution in [0.1, 0.15) is 31.9 Å². The third-order valence-electron chi connectivity index (χ3n) is 2.09. The van der Waals surface area contributed by atoms with E-state index in [1.807, 2.05) is 13.8 Å². The van der Waals surface area contributed by atoms with Gasteiger partial charge in [0.1, 0.15) is 0 Å². The zero-order chi connectivity index (χ0) is 12.4. The van der Waals surface area contributed by atoms with Crippen molar-refractivity contribution in [3.05, 3.63) is 41.5 Å². The summed E-state index contributed by atoms with van der Waals surface area (Å²) in [5.41, 5.74) is 2.56. The van der Waals surface area contributed by atoms with Gasteiger partial charge in [-0.2, -0.15) is 0 Å². The molecule has 0 spiro atoms. The first-order valence-corrected chi connectivity index (χ1v) is 5.96. The number of hydrogen-bond donors (Lipinski definition) is 0. The third kappa shape index (κ3) is 6.41. The predicted molar refractivity (Wildman–Crippen MR) is 72.6 cm³/mol. The summed E-state index contributed by atoms with van der Waals surface area (Å²) < 4.78 is 5.06. The minimum absolute atomic E-state index is 0.473. The predicted octanol–water partition coefficient (Wildman–Crippen LogP) is 4.32. The molecule has 0 aliphatic rings. The first-order chi connectivity index (χ1) is 7.72. The molecule has 0 N–H and O–H groups in total. The molecule has 0 radical (unpaired) electrons. The zero-order valence-corrected chi connectivity index (χ0v) is 11.2. The summed E-state index contributed by atoms with van der Waals surface area (Å²) in [5, 5.41) is 0. The first kappa shape index (κ1) is 14.9. The van der Waals surface area contributed by atoms with Gasteiger partial charge in [-0.15, -0.1) is 0 Å². The molecule has 0 amide bonds. The molecule has 0 saturated carbocycles. The van der Waals surface area contributed by atoms with Crippen molar-refractivity contribution in [3.63, 3.8) is 0 Å². The van der Waals surface area contributed by atoms with Gasteiger partial charge in [-0.05, 0) is 18.4 Å². The largest absolute Gasteiger partial charge is 0.384 e. The van der Waals surface area contributed by atoms with Gasteiger partial charge in [-0.1, -0.05) is 62.8 Å². The number of benzene rings is 1. The van der Waals surface area contributed by atoms with Crippen molar-refractivity contribution in [2.45, 2.75) is 27.7 Å². The summed E-state index contributed by atoms with van der Waals surface area (Å²) in [6.45, 7) is 9.04. The van der Waals surface area contributed by atoms with E-state index >= 15 is 0 Å². The second kappa shape index (κ2) is 9.17. The highest BCUT2D eigenvalue weighted by Gasteiger charge is 1.94. The van der Waals surface area contributed by atoms with E-state index < -0.39 is 0 Å². The van der Waals surface area contributed by atoms with Crippen LogP contribution in [0.3, 0.4) is 0 Å². The Morgan fingerprint density at radius 1 is 1.31 bits per heavy atom. The first-order valence-electron chi connectivity index (χ1n) is 5.96. The molecule has 1 aromatic carbocycles. The lowest BCUT2D eigenvalue weighted by Gasteiger charge is -2.03. The fraction of sp³-hybridized carbons (Fsp3) is 0.467. The van der Waals surface area contributed by atoms with Gasteiger partial charge in [-0.25, -0.2) is 0 Å². The molecule has 16 heavy (non-hydrogen) atoms. The van der Waals surface area contributed by atoms with Gasteiger partial charge in [-0.3, -0.25) is 0 Å². The Morgan fingerprint density at radius 3 is 2.56 bits per heavy atom. The third-order valence-corrected chi connectivity index (χ3v) is 2.09. The van der Waals surface area contributed by atoms with Crippen LogP contribution in [0.15, 0.2) is 30.3 Å². The van der Waals surface area contributed by atoms with Crippen LogP contribution in [0.25, 0.3) is 6.08 Å². The molecule has 0 bridgehead atoms. The minimum atomic E-state index is 0.473. The quantitative estimate of drug-likeness (QED) is 0.734. The molecule has 90 valence electrons. The van der Waals surface area contributed by atoms with Crippen molar-refractivity contribution in [1.29, 1.82) is 0 Å². The highest BCUT2D eigenvalue weighted by Crippen LogP contribution is 2.08. The second-order valence-corrected chi connectivity index (χ2v) is 3.71. The van der Waals surface area contributed by atoms with Gasteiger partial charge in [0.05, 0.1) is 6.61 Å². The molecule has 0 saturated heterocycles. The molecule has 0 heterocycles. The highest BCUT2D eigenvalue weighted by atomic mass is 16.5. The summed E-state index contributed by atoms with van der Waals surface area (Å²) in [6, 6.07) is 8.48. The Hall–Kier alpha value is -1.08. The van der Waals surface area contributed by atoms with Crippen LogP contribution >= 0.6 is 0 Å². The van der Waals surface area contributed by atoms with Gasteiger partial charge in [0.2, 0.25) is 0 Å². The van der Waals surface area contributed by atoms with Crippen LogP contribution in [-0.2, 0) is 4.74 Å². The molecule has 1 rings (SSSR count). The SMILES string of the molecule is CC.COCC(C)/C=C/c1cccc(C)c1. The number of hydrogen-bond acceptors (Lipinski definition) is 1. The van der Waals surface area contributed by atoms with Crippen LogP contribution in [0.5, 0.6) is 0 Å². The fourth-order valence-corrected chi connectivity index (χ4v) is 1.37. The van der Waals surface area contributed by atoms with Crippen molar-refractivity contribution in [1.82, 2.24) is 0 Å². The van der Waals surface area contributed by atoms with E-state index in [0.29, 0.717) is 5.92 Å². The number of rotatable bonds is 4. The van der Waals surface area contributed by atoms with E-state index in [1.54, 1.807) is 7.11 Å². The van der Waals surface area contributed by atoms with Gasteiger partial charge < -0.3 is 4.74 Å². The normalized spacial score (nSPS) is 12.1. The van der Waals surface area contributed by atoms with Crippen molar-refractivity contribution in [2.75, 3.05) is 13.7 Å². The Bertz CT molecular complexity index is 302. The van der Waals surface area contributed by atoms with Gasteiger partial charge in [0, 0.05) is 7.11 Å². The molecule has 0 fully saturated rings. The number of methoxy groups -OCH3 is 1. The standard InChI is InChI=1S/C13H18O.C2H6/c1-11-5-4-6-13(9-11)8-7-12(2)10-14-3;1-2/h4-9,12H,10H2,1-3H3;1-2H3/b8-7+;. The van der Waals surface area contributed by atoms with E-state index in [9.17, 15) is 0 Å². The molecular formula is C15H24O. The Morgan fingerprint density at radius 2 is 2.00 bits per heavy atom. The monoisotopic (exact) mass is 220 g/mol. The van der Waals surface area contributed by atoms with Crippen LogP contribution in [0.4, 0.5) is 0 Å². The molecule has 1 nitrogen and oxygen atoms in total. The maximum atomic E-state index is 5.06. The minimum Gasteiger partial charge on any atom is -0.384 e. The molecule has 0 aliphatic carbocycles. The maximum Gasteiger partial charge on any atom is 0.0522 e. The van der Waals surface area contributed by atoms with E-state index in [0.717, 1.165) is 6.61 Å². The number of aryl methyl sites for hydroxylation is 1. The van der Waals surface area contributed by atoms with E-state index in [4.69, 9.17) is 4.74 Å². The summed E-state index contributed by atoms with van der Waals surface area (Å²) in [7, 11) is 1.73. The van der Waals surface area contributed by atoms with E-state index in [2.05, 4.69) is 50.3 Å². The molecule has 1 aromatic rings. The topological polar surface area (TPSA) is 9.23 Å². The highest BCUT2D eigenvalue weighted by molar-refractivity contribution is 5.50. The lowest BCUT2D eigenvalue weighted by atomic mass is 10.1. The Balaban J connectivity index is 0.00000106. The molecule has 0 aliphatic heterocycles. The number of ether oxygens (including phenoxy) is 1. The molecular weight excluding hydrogens is 196 g/mol. The second-order valence-electron chi connectivity index (χ2n) is 3.71. The molecule has 1 atom stereocenters. The average Bonchev–Trinajstić information content (AvgIpc) is 2.30. The fourth-order valence-electron chi connectivity index (χ4n) is 1.37. The summed E-state index contributed by atoms with van der Waals surface area (Å²) in [6.07, 6.45) is 4.33. The van der Waals surface area contributed by atoms with Crippen molar-refractivity contribution < 1.29 is 4.74 Å². The van der Waals surface area contributed by atoms with E-state index in [1.165, 1.54) is 11.1 Å².